The Balaban J connectivity index is 1.56. The van der Waals surface area contributed by atoms with Gasteiger partial charge < -0.3 is 0 Å². The lowest BCUT2D eigenvalue weighted by molar-refractivity contribution is -0.384. The summed E-state index contributed by atoms with van der Waals surface area (Å²) in [4.78, 5) is 58.6. The molecule has 0 aromatic heterocycles. The van der Waals surface area contributed by atoms with Crippen molar-refractivity contribution in [3.05, 3.63) is 176 Å². The molecule has 234 valence electrons. The van der Waals surface area contributed by atoms with Gasteiger partial charge in [0.25, 0.3) is 5.69 Å². The molecule has 2 aliphatic carbocycles. The molecule has 7 nitrogen and oxygen atoms in total. The number of Topliss-reactive ketones (excluding diaryl/α,β-unsaturated/α-hetero) is 1. The van der Waals surface area contributed by atoms with Gasteiger partial charge in [-0.25, -0.2) is 4.90 Å². The number of fused-ring (bicyclic) bond motifs is 5. The van der Waals surface area contributed by atoms with E-state index in [4.69, 9.17) is 23.2 Å². The predicted octanol–water partition coefficient (Wildman–Crippen LogP) is 8.09. The molecule has 0 unspecified atom stereocenters. The Hall–Kier alpha value is -5.37. The number of carbonyl (C=O) groups excluding carboxylic acids is 3. The van der Waals surface area contributed by atoms with Gasteiger partial charge in [0.15, 0.2) is 5.78 Å². The van der Waals surface area contributed by atoms with Crippen molar-refractivity contribution in [2.75, 3.05) is 4.90 Å². The van der Waals surface area contributed by atoms with Crippen LogP contribution in [-0.2, 0) is 25.2 Å². The Bertz CT molecular complexity index is 2080. The fourth-order valence-electron chi connectivity index (χ4n) is 8.40. The van der Waals surface area contributed by atoms with Crippen LogP contribution in [0.15, 0.2) is 133 Å². The molecule has 2 bridgehead atoms. The van der Waals surface area contributed by atoms with Crippen molar-refractivity contribution in [1.29, 1.82) is 0 Å². The lowest BCUT2D eigenvalue weighted by Crippen LogP contribution is -2.45. The fourth-order valence-corrected chi connectivity index (χ4v) is 8.65. The summed E-state index contributed by atoms with van der Waals surface area (Å²) in [6.45, 7) is 0. The van der Waals surface area contributed by atoms with Gasteiger partial charge in [0, 0.05) is 16.1 Å². The molecule has 8 rings (SSSR count). The van der Waals surface area contributed by atoms with Crippen molar-refractivity contribution < 1.29 is 19.3 Å². The number of ketones is 1. The van der Waals surface area contributed by atoms with E-state index in [9.17, 15) is 10.1 Å². The van der Waals surface area contributed by atoms with E-state index in [-0.39, 0.29) is 11.5 Å². The Morgan fingerprint density at radius 3 is 1.38 bits per heavy atom. The molecule has 1 aliphatic heterocycles. The summed E-state index contributed by atoms with van der Waals surface area (Å²) in [5.74, 6) is -4.16. The summed E-state index contributed by atoms with van der Waals surface area (Å²) in [7, 11) is 0. The van der Waals surface area contributed by atoms with Gasteiger partial charge in [-0.2, -0.15) is 0 Å². The van der Waals surface area contributed by atoms with Crippen LogP contribution in [0.25, 0.3) is 11.1 Å². The number of anilines is 1. The molecule has 4 atom stereocenters. The lowest BCUT2D eigenvalue weighted by Gasteiger charge is -2.39. The highest BCUT2D eigenvalue weighted by atomic mass is 35.5. The number of carbonyl (C=O) groups is 3. The van der Waals surface area contributed by atoms with Crippen LogP contribution < -0.4 is 4.90 Å². The minimum absolute atomic E-state index is 0.140. The van der Waals surface area contributed by atoms with Crippen LogP contribution in [0.5, 0.6) is 0 Å². The van der Waals surface area contributed by atoms with E-state index in [0.29, 0.717) is 43.4 Å². The first-order valence-electron chi connectivity index (χ1n) is 15.3. The third kappa shape index (κ3) is 3.80. The zero-order chi connectivity index (χ0) is 33.4. The molecule has 1 saturated heterocycles. The van der Waals surface area contributed by atoms with Gasteiger partial charge in [-0.15, -0.1) is 0 Å². The second kappa shape index (κ2) is 10.8. The zero-order valence-electron chi connectivity index (χ0n) is 25.0. The summed E-state index contributed by atoms with van der Waals surface area (Å²) in [5.41, 5.74) is -0.268. The van der Waals surface area contributed by atoms with Crippen molar-refractivity contribution >= 4 is 63.3 Å². The van der Waals surface area contributed by atoms with Gasteiger partial charge in [-0.05, 0) is 63.7 Å². The Kier molecular flexibility index (Phi) is 6.77. The molecule has 1 heterocycles. The minimum atomic E-state index is -1.67. The Labute approximate surface area is 285 Å². The number of halogens is 2. The number of hydrogen-bond acceptors (Lipinski definition) is 5. The Morgan fingerprint density at radius 1 is 0.562 bits per heavy atom. The van der Waals surface area contributed by atoms with Crippen LogP contribution >= 0.6 is 23.2 Å². The van der Waals surface area contributed by atoms with E-state index in [1.807, 2.05) is 60.7 Å². The first kappa shape index (κ1) is 30.0. The maximum Gasteiger partial charge on any atom is 0.293 e. The van der Waals surface area contributed by atoms with Crippen LogP contribution in [0.1, 0.15) is 22.3 Å². The number of nitro groups is 1. The normalized spacial score (nSPS) is 24.4. The van der Waals surface area contributed by atoms with Crippen LogP contribution in [0, 0.1) is 22.0 Å². The number of allylic oxidation sites excluding steroid dienone is 2. The van der Waals surface area contributed by atoms with Crippen LogP contribution in [0.2, 0.25) is 10.0 Å². The highest BCUT2D eigenvalue weighted by Gasteiger charge is 2.83. The van der Waals surface area contributed by atoms with Crippen molar-refractivity contribution in [3.8, 4) is 0 Å². The third-order valence-electron chi connectivity index (χ3n) is 10.0. The molecule has 5 aromatic carbocycles. The summed E-state index contributed by atoms with van der Waals surface area (Å²) in [6.07, 6.45) is 0. The average Bonchev–Trinajstić information content (AvgIpc) is 3.61. The molecule has 1 saturated carbocycles. The third-order valence-corrected chi connectivity index (χ3v) is 10.5. The first-order chi connectivity index (χ1) is 23.2. The van der Waals surface area contributed by atoms with Crippen molar-refractivity contribution in [2.24, 2.45) is 11.8 Å². The van der Waals surface area contributed by atoms with Crippen molar-refractivity contribution in [3.63, 3.8) is 0 Å². The summed E-state index contributed by atoms with van der Waals surface area (Å²) < 4.78 is 0. The number of imide groups is 1. The van der Waals surface area contributed by atoms with E-state index < -0.39 is 45.1 Å². The average molecular weight is 672 g/mol. The van der Waals surface area contributed by atoms with E-state index >= 15 is 14.4 Å². The van der Waals surface area contributed by atoms with E-state index in [0.717, 1.165) is 4.90 Å². The van der Waals surface area contributed by atoms with Crippen LogP contribution in [-0.4, -0.2) is 22.5 Å². The Morgan fingerprint density at radius 2 is 0.958 bits per heavy atom. The highest BCUT2D eigenvalue weighted by Crippen LogP contribution is 2.74. The SMILES string of the molecule is O=C1[C@@H]2[C@H](C(=O)N1c1ccccc1[N+](=O)[O-])[C@]1(c3ccc(Cl)cc3)C(=O)[C@@]2(c2ccc(Cl)cc2)C(c2ccccc2)=C1c1ccccc1. The highest BCUT2D eigenvalue weighted by molar-refractivity contribution is 6.39. The molecule has 5 aromatic rings. The molecular weight excluding hydrogens is 647 g/mol. The molecule has 2 amide bonds. The van der Waals surface area contributed by atoms with Crippen LogP contribution in [0.3, 0.4) is 0 Å². The van der Waals surface area contributed by atoms with Gasteiger partial charge in [-0.1, -0.05) is 120 Å². The second-order valence-electron chi connectivity index (χ2n) is 12.2. The van der Waals surface area contributed by atoms with E-state index in [1.165, 1.54) is 18.2 Å². The number of nitro benzene ring substituents is 1. The summed E-state index contributed by atoms with van der Waals surface area (Å²) >= 11 is 12.8. The minimum Gasteiger partial charge on any atom is -0.297 e. The molecule has 2 fully saturated rings. The maximum atomic E-state index is 15.9. The monoisotopic (exact) mass is 670 g/mol. The molecule has 9 heteroatoms. The van der Waals surface area contributed by atoms with Gasteiger partial charge in [-0.3, -0.25) is 24.5 Å². The van der Waals surface area contributed by atoms with Crippen molar-refractivity contribution in [1.82, 2.24) is 0 Å². The molecule has 3 aliphatic rings. The number of amides is 2. The zero-order valence-corrected chi connectivity index (χ0v) is 26.6. The topological polar surface area (TPSA) is 97.6 Å². The first-order valence-corrected chi connectivity index (χ1v) is 16.0. The molecule has 48 heavy (non-hydrogen) atoms. The van der Waals surface area contributed by atoms with Crippen molar-refractivity contribution in [2.45, 2.75) is 10.8 Å². The number of para-hydroxylation sites is 2. The predicted molar refractivity (Wildman–Crippen MR) is 184 cm³/mol. The lowest BCUT2D eigenvalue weighted by atomic mass is 9.59. The number of benzene rings is 5. The number of hydrogen-bond donors (Lipinski definition) is 0. The van der Waals surface area contributed by atoms with Gasteiger partial charge in [0.1, 0.15) is 5.69 Å². The van der Waals surface area contributed by atoms with E-state index in [1.54, 1.807) is 54.6 Å². The quantitative estimate of drug-likeness (QED) is 0.103. The smallest absolute Gasteiger partial charge is 0.293 e. The number of rotatable bonds is 6. The summed E-state index contributed by atoms with van der Waals surface area (Å²) in [6, 6.07) is 38.1. The van der Waals surface area contributed by atoms with E-state index in [2.05, 4.69) is 0 Å². The van der Waals surface area contributed by atoms with Gasteiger partial charge in [0.2, 0.25) is 11.8 Å². The van der Waals surface area contributed by atoms with Gasteiger partial charge in [0.05, 0.1) is 27.6 Å². The molecule has 0 radical (unpaired) electrons. The largest absolute Gasteiger partial charge is 0.297 e. The molecule has 0 spiro atoms. The standard InChI is InChI=1S/C39H24Cl2N2O5/c40-27-19-15-25(16-20-27)38-31(23-9-3-1-4-10-23)32(24-11-5-2-6-12-24)39(37(38)46,26-17-21-28(41)22-18-26)34-33(38)35(44)42(36(34)45)29-13-7-8-14-30(29)43(47)48/h1-22,33-34H/t33-,34+,38-,39+. The second-order valence-corrected chi connectivity index (χ2v) is 13.0. The molecular formula is C39H24Cl2N2O5. The maximum absolute atomic E-state index is 15.9. The number of nitrogens with zero attached hydrogens (tertiary/aromatic N) is 2. The van der Waals surface area contributed by atoms with Gasteiger partial charge >= 0.3 is 0 Å². The van der Waals surface area contributed by atoms with Crippen LogP contribution in [0.4, 0.5) is 11.4 Å². The summed E-state index contributed by atoms with van der Waals surface area (Å²) in [5, 5.41) is 13.1. The fraction of sp³-hybridized carbons (Fsp3) is 0.103. The molecule has 0 N–H and O–H groups in total.